The van der Waals surface area contributed by atoms with E-state index in [4.69, 9.17) is 10.8 Å². The van der Waals surface area contributed by atoms with E-state index in [1.807, 2.05) is 30.5 Å². The molecule has 0 atom stereocenters. The number of carbonyl (C=O) groups is 1. The zero-order valence-electron chi connectivity index (χ0n) is 16.4. The first-order chi connectivity index (χ1) is 14.1. The fourth-order valence-corrected chi connectivity index (χ4v) is 4.37. The van der Waals surface area contributed by atoms with Gasteiger partial charge in [0, 0.05) is 23.7 Å². The van der Waals surface area contributed by atoms with Gasteiger partial charge in [-0.1, -0.05) is 54.6 Å². The van der Waals surface area contributed by atoms with Crippen LogP contribution < -0.4 is 5.73 Å². The Balaban J connectivity index is 1.46. The van der Waals surface area contributed by atoms with Crippen molar-refractivity contribution in [1.29, 1.82) is 0 Å². The number of hydrogen-bond acceptors (Lipinski definition) is 3. The van der Waals surface area contributed by atoms with Gasteiger partial charge >= 0.3 is 5.97 Å². The Kier molecular flexibility index (Phi) is 5.61. The third-order valence-electron chi connectivity index (χ3n) is 5.99. The molecule has 4 rings (SSSR count). The Labute approximate surface area is 171 Å². The van der Waals surface area contributed by atoms with Crippen LogP contribution in [-0.2, 0) is 4.79 Å². The number of nitrogens with two attached hydrogens (primary N) is 1. The van der Waals surface area contributed by atoms with Gasteiger partial charge in [0.1, 0.15) is 0 Å². The van der Waals surface area contributed by atoms with E-state index in [0.29, 0.717) is 23.9 Å². The highest BCUT2D eigenvalue weighted by Gasteiger charge is 2.24. The molecule has 29 heavy (non-hydrogen) atoms. The zero-order chi connectivity index (χ0) is 20.2. The number of pyridine rings is 1. The molecule has 1 aromatic heterocycles. The minimum Gasteiger partial charge on any atom is -0.481 e. The number of nitrogen functional groups attached to an aromatic ring is 1. The lowest BCUT2D eigenvalue weighted by molar-refractivity contribution is -0.138. The summed E-state index contributed by atoms with van der Waals surface area (Å²) in [5.74, 6) is 0.163. The van der Waals surface area contributed by atoms with Crippen molar-refractivity contribution in [2.45, 2.75) is 38.0 Å². The Morgan fingerprint density at radius 3 is 2.24 bits per heavy atom. The van der Waals surface area contributed by atoms with Crippen molar-refractivity contribution in [3.63, 3.8) is 0 Å². The molecule has 4 nitrogen and oxygen atoms in total. The van der Waals surface area contributed by atoms with Crippen LogP contribution in [0.1, 0.15) is 43.6 Å². The zero-order valence-corrected chi connectivity index (χ0v) is 16.4. The molecule has 148 valence electrons. The smallest absolute Gasteiger partial charge is 0.303 e. The van der Waals surface area contributed by atoms with Crippen LogP contribution in [0.3, 0.4) is 0 Å². The quantitative estimate of drug-likeness (QED) is 0.586. The second-order valence-electron chi connectivity index (χ2n) is 7.97. The normalized spacial score (nSPS) is 19.0. The van der Waals surface area contributed by atoms with Crippen LogP contribution in [0.15, 0.2) is 66.9 Å². The Morgan fingerprint density at radius 2 is 1.62 bits per heavy atom. The molecule has 1 aliphatic rings. The molecule has 0 saturated heterocycles. The molecule has 0 radical (unpaired) electrons. The van der Waals surface area contributed by atoms with E-state index >= 15 is 0 Å². The molecule has 1 heterocycles. The standard InChI is InChI=1S/C25H26N2O2/c26-23-15-22(18-4-2-1-3-5-18)16-27-25(23)21-12-10-20(11-13-21)19-8-6-17(7-9-19)14-24(28)29/h1-5,10-13,15-17,19H,6-9,14,26H2,(H,28,29). The van der Waals surface area contributed by atoms with Crippen LogP contribution >= 0.6 is 0 Å². The van der Waals surface area contributed by atoms with Gasteiger partial charge in [-0.05, 0) is 54.7 Å². The molecule has 0 spiro atoms. The summed E-state index contributed by atoms with van der Waals surface area (Å²) in [7, 11) is 0. The lowest BCUT2D eigenvalue weighted by Gasteiger charge is -2.28. The van der Waals surface area contributed by atoms with Crippen LogP contribution in [0.2, 0.25) is 0 Å². The number of anilines is 1. The number of hydrogen-bond donors (Lipinski definition) is 2. The van der Waals surface area contributed by atoms with Crippen LogP contribution in [0.5, 0.6) is 0 Å². The van der Waals surface area contributed by atoms with Crippen LogP contribution in [0, 0.1) is 5.92 Å². The summed E-state index contributed by atoms with van der Waals surface area (Å²) in [5.41, 5.74) is 12.3. The van der Waals surface area contributed by atoms with E-state index in [2.05, 4.69) is 41.4 Å². The van der Waals surface area contributed by atoms with Gasteiger partial charge in [-0.2, -0.15) is 0 Å². The van der Waals surface area contributed by atoms with Gasteiger partial charge in [-0.15, -0.1) is 0 Å². The van der Waals surface area contributed by atoms with E-state index in [-0.39, 0.29) is 0 Å². The summed E-state index contributed by atoms with van der Waals surface area (Å²) >= 11 is 0. The average Bonchev–Trinajstić information content (AvgIpc) is 2.75. The van der Waals surface area contributed by atoms with Gasteiger partial charge in [0.15, 0.2) is 0 Å². The maximum absolute atomic E-state index is 10.9. The van der Waals surface area contributed by atoms with Crippen molar-refractivity contribution in [1.82, 2.24) is 4.98 Å². The van der Waals surface area contributed by atoms with Crippen LogP contribution in [0.25, 0.3) is 22.4 Å². The Bertz CT molecular complexity index is 975. The highest BCUT2D eigenvalue weighted by molar-refractivity contribution is 5.77. The number of rotatable bonds is 5. The minimum atomic E-state index is -0.679. The number of carboxylic acids is 1. The SMILES string of the molecule is Nc1cc(-c2ccccc2)cnc1-c1ccc(C2CCC(CC(=O)O)CC2)cc1. The lowest BCUT2D eigenvalue weighted by atomic mass is 9.77. The molecular formula is C25H26N2O2. The predicted molar refractivity (Wildman–Crippen MR) is 116 cm³/mol. The van der Waals surface area contributed by atoms with Gasteiger partial charge in [-0.25, -0.2) is 0 Å². The summed E-state index contributed by atoms with van der Waals surface area (Å²) in [6, 6.07) is 20.6. The molecule has 1 aliphatic carbocycles. The van der Waals surface area contributed by atoms with E-state index in [0.717, 1.165) is 48.1 Å². The number of carboxylic acid groups (broad SMARTS) is 1. The molecule has 0 unspecified atom stereocenters. The van der Waals surface area contributed by atoms with E-state index in [1.54, 1.807) is 0 Å². The molecule has 0 amide bonds. The molecule has 1 saturated carbocycles. The molecule has 3 N–H and O–H groups in total. The van der Waals surface area contributed by atoms with Crippen molar-refractivity contribution in [3.8, 4) is 22.4 Å². The van der Waals surface area contributed by atoms with E-state index in [9.17, 15) is 4.79 Å². The molecule has 0 bridgehead atoms. The number of nitrogens with zero attached hydrogens (tertiary/aromatic N) is 1. The monoisotopic (exact) mass is 386 g/mol. The highest BCUT2D eigenvalue weighted by Crippen LogP contribution is 2.38. The molecule has 1 fully saturated rings. The van der Waals surface area contributed by atoms with Crippen molar-refractivity contribution in [3.05, 3.63) is 72.4 Å². The van der Waals surface area contributed by atoms with Crippen molar-refractivity contribution in [2.75, 3.05) is 5.73 Å². The van der Waals surface area contributed by atoms with Crippen LogP contribution in [-0.4, -0.2) is 16.1 Å². The molecule has 3 aromatic rings. The second kappa shape index (κ2) is 8.48. The third-order valence-corrected chi connectivity index (χ3v) is 5.99. The molecule has 0 aliphatic heterocycles. The first-order valence-corrected chi connectivity index (χ1v) is 10.2. The largest absolute Gasteiger partial charge is 0.481 e. The van der Waals surface area contributed by atoms with Gasteiger partial charge in [0.25, 0.3) is 0 Å². The van der Waals surface area contributed by atoms with Gasteiger partial charge < -0.3 is 10.8 Å². The average molecular weight is 386 g/mol. The summed E-state index contributed by atoms with van der Waals surface area (Å²) in [6.07, 6.45) is 6.28. The van der Waals surface area contributed by atoms with Gasteiger partial charge in [0.2, 0.25) is 0 Å². The minimum absolute atomic E-state index is 0.301. The van der Waals surface area contributed by atoms with E-state index in [1.165, 1.54) is 5.56 Å². The summed E-state index contributed by atoms with van der Waals surface area (Å²) in [4.78, 5) is 15.5. The van der Waals surface area contributed by atoms with Gasteiger partial charge in [0.05, 0.1) is 11.4 Å². The van der Waals surface area contributed by atoms with Crippen molar-refractivity contribution >= 4 is 11.7 Å². The summed E-state index contributed by atoms with van der Waals surface area (Å²) < 4.78 is 0. The maximum Gasteiger partial charge on any atom is 0.303 e. The fraction of sp³-hybridized carbons (Fsp3) is 0.280. The second-order valence-corrected chi connectivity index (χ2v) is 7.97. The summed E-state index contributed by atoms with van der Waals surface area (Å²) in [6.45, 7) is 0. The molecule has 2 aromatic carbocycles. The molecular weight excluding hydrogens is 360 g/mol. The maximum atomic E-state index is 10.9. The lowest BCUT2D eigenvalue weighted by Crippen LogP contribution is -2.16. The summed E-state index contributed by atoms with van der Waals surface area (Å²) in [5, 5.41) is 8.98. The predicted octanol–water partition coefficient (Wildman–Crippen LogP) is 5.75. The van der Waals surface area contributed by atoms with Crippen LogP contribution in [0.4, 0.5) is 5.69 Å². The van der Waals surface area contributed by atoms with E-state index < -0.39 is 5.97 Å². The number of aromatic nitrogens is 1. The topological polar surface area (TPSA) is 76.2 Å². The first kappa shape index (κ1) is 19.2. The Morgan fingerprint density at radius 1 is 0.931 bits per heavy atom. The highest BCUT2D eigenvalue weighted by atomic mass is 16.4. The van der Waals surface area contributed by atoms with Gasteiger partial charge in [-0.3, -0.25) is 9.78 Å². The fourth-order valence-electron chi connectivity index (χ4n) is 4.37. The third kappa shape index (κ3) is 4.48. The number of aliphatic carboxylic acids is 1. The molecule has 4 heteroatoms. The first-order valence-electron chi connectivity index (χ1n) is 10.2. The number of benzene rings is 2. The van der Waals surface area contributed by atoms with Crippen molar-refractivity contribution in [2.24, 2.45) is 5.92 Å². The Hall–Kier alpha value is -3.14. The van der Waals surface area contributed by atoms with Crippen molar-refractivity contribution < 1.29 is 9.90 Å².